The second-order valence-electron chi connectivity index (χ2n) is 8.08. The van der Waals surface area contributed by atoms with Gasteiger partial charge in [0.2, 0.25) is 10.0 Å². The van der Waals surface area contributed by atoms with E-state index in [4.69, 9.17) is 0 Å². The molecule has 2 N–H and O–H groups in total. The van der Waals surface area contributed by atoms with E-state index in [0.717, 1.165) is 27.4 Å². The van der Waals surface area contributed by atoms with Crippen molar-refractivity contribution in [3.63, 3.8) is 0 Å². The van der Waals surface area contributed by atoms with E-state index in [2.05, 4.69) is 33.6 Å². The summed E-state index contributed by atoms with van der Waals surface area (Å²) in [6, 6.07) is 22.4. The molecule has 1 saturated carbocycles. The third-order valence-electron chi connectivity index (χ3n) is 6.17. The van der Waals surface area contributed by atoms with Crippen molar-refractivity contribution in [2.24, 2.45) is 0 Å². The molecule has 1 fully saturated rings. The second kappa shape index (κ2) is 7.23. The molecule has 1 aromatic heterocycles. The Hall–Kier alpha value is -2.67. The van der Waals surface area contributed by atoms with E-state index in [0.29, 0.717) is 12.8 Å². The molecule has 5 rings (SSSR count). The minimum absolute atomic E-state index is 0.194. The van der Waals surface area contributed by atoms with Crippen molar-refractivity contribution in [1.82, 2.24) is 9.29 Å². The average molecular weight is 421 g/mol. The third kappa shape index (κ3) is 3.12. The zero-order chi connectivity index (χ0) is 20.9. The van der Waals surface area contributed by atoms with E-state index in [1.807, 2.05) is 31.2 Å². The fourth-order valence-corrected chi connectivity index (χ4v) is 5.95. The number of rotatable bonds is 4. The van der Waals surface area contributed by atoms with Crippen LogP contribution in [0, 0.1) is 6.92 Å². The van der Waals surface area contributed by atoms with Crippen molar-refractivity contribution in [3.8, 4) is 0 Å². The second-order valence-corrected chi connectivity index (χ2v) is 9.79. The van der Waals surface area contributed by atoms with Crippen molar-refractivity contribution in [1.29, 1.82) is 0 Å². The van der Waals surface area contributed by atoms with Gasteiger partial charge in [-0.05, 0) is 44.0 Å². The van der Waals surface area contributed by atoms with Crippen molar-refractivity contribution in [2.45, 2.75) is 42.8 Å². The number of nitrogens with one attached hydrogen (secondary N) is 1. The Bertz CT molecular complexity index is 1270. The number of hydrogen-bond acceptors (Lipinski definition) is 3. The summed E-state index contributed by atoms with van der Waals surface area (Å²) in [6.07, 6.45) is 0.465. The normalized spacial score (nSPS) is 22.1. The van der Waals surface area contributed by atoms with Crippen LogP contribution in [-0.2, 0) is 10.0 Å². The van der Waals surface area contributed by atoms with Crippen molar-refractivity contribution >= 4 is 31.8 Å². The van der Waals surface area contributed by atoms with E-state index in [1.54, 1.807) is 24.3 Å². The average Bonchev–Trinajstić information content (AvgIpc) is 3.26. The maximum atomic E-state index is 12.8. The minimum atomic E-state index is -3.69. The number of benzene rings is 3. The van der Waals surface area contributed by atoms with Gasteiger partial charge in [-0.25, -0.2) is 13.1 Å². The summed E-state index contributed by atoms with van der Waals surface area (Å²) >= 11 is 0. The van der Waals surface area contributed by atoms with Crippen molar-refractivity contribution < 1.29 is 13.5 Å². The molecule has 5 nitrogen and oxygen atoms in total. The number of nitrogens with zero attached hydrogens (tertiary/aromatic N) is 1. The lowest BCUT2D eigenvalue weighted by Gasteiger charge is -2.23. The Balaban J connectivity index is 1.49. The summed E-state index contributed by atoms with van der Waals surface area (Å²) in [7, 11) is -3.69. The van der Waals surface area contributed by atoms with Crippen LogP contribution in [0.2, 0.25) is 0 Å². The highest BCUT2D eigenvalue weighted by Crippen LogP contribution is 2.39. The van der Waals surface area contributed by atoms with Crippen molar-refractivity contribution in [2.75, 3.05) is 0 Å². The lowest BCUT2D eigenvalue weighted by Crippen LogP contribution is -2.42. The van der Waals surface area contributed by atoms with Crippen molar-refractivity contribution in [3.05, 3.63) is 78.4 Å². The lowest BCUT2D eigenvalue weighted by atomic mass is 10.1. The summed E-state index contributed by atoms with van der Waals surface area (Å²) in [5, 5.41) is 13.4. The van der Waals surface area contributed by atoms with Gasteiger partial charge in [0.25, 0.3) is 0 Å². The molecule has 4 aromatic rings. The third-order valence-corrected chi connectivity index (χ3v) is 7.67. The molecule has 0 saturated heterocycles. The topological polar surface area (TPSA) is 71.3 Å². The number of aliphatic hydroxyl groups is 1. The van der Waals surface area contributed by atoms with Crippen LogP contribution in [0.3, 0.4) is 0 Å². The van der Waals surface area contributed by atoms with E-state index >= 15 is 0 Å². The van der Waals surface area contributed by atoms with Gasteiger partial charge in [-0.1, -0.05) is 54.1 Å². The lowest BCUT2D eigenvalue weighted by molar-refractivity contribution is 0.120. The molecule has 6 heteroatoms. The Kier molecular flexibility index (Phi) is 4.65. The van der Waals surface area contributed by atoms with E-state index in [-0.39, 0.29) is 10.9 Å². The molecule has 154 valence electrons. The Morgan fingerprint density at radius 3 is 2.03 bits per heavy atom. The number of hydrogen-bond donors (Lipinski definition) is 2. The monoisotopic (exact) mass is 420 g/mol. The van der Waals surface area contributed by atoms with Crippen LogP contribution in [0.1, 0.15) is 24.4 Å². The Morgan fingerprint density at radius 1 is 0.867 bits per heavy atom. The Labute approximate surface area is 176 Å². The van der Waals surface area contributed by atoms with Crippen LogP contribution < -0.4 is 4.72 Å². The molecular weight excluding hydrogens is 396 g/mol. The first kappa shape index (κ1) is 19.3. The molecular formula is C24H24N2O3S. The molecule has 30 heavy (non-hydrogen) atoms. The minimum Gasteiger partial charge on any atom is -0.389 e. The van der Waals surface area contributed by atoms with Gasteiger partial charge < -0.3 is 9.67 Å². The molecule has 1 heterocycles. The molecule has 0 radical (unpaired) electrons. The SMILES string of the molecule is Cc1ccc(S(=O)(=O)N[C@@H]2CC[C@H](n3c4ccccc4c4ccccc43)[C@H]2O)cc1. The van der Waals surface area contributed by atoms with Crippen LogP contribution in [0.25, 0.3) is 21.8 Å². The summed E-state index contributed by atoms with van der Waals surface area (Å²) in [6.45, 7) is 1.92. The van der Waals surface area contributed by atoms with Crippen LogP contribution in [0.5, 0.6) is 0 Å². The molecule has 3 atom stereocenters. The van der Waals surface area contributed by atoms with Crippen LogP contribution in [0.15, 0.2) is 77.7 Å². The van der Waals surface area contributed by atoms with Gasteiger partial charge in [-0.2, -0.15) is 0 Å². The molecule has 1 aliphatic carbocycles. The molecule has 0 unspecified atom stereocenters. The summed E-state index contributed by atoms with van der Waals surface area (Å²) in [5.41, 5.74) is 3.12. The van der Waals surface area contributed by atoms with Gasteiger partial charge in [0.1, 0.15) is 0 Å². The number of fused-ring (bicyclic) bond motifs is 3. The van der Waals surface area contributed by atoms with Crippen LogP contribution >= 0.6 is 0 Å². The maximum absolute atomic E-state index is 12.8. The highest BCUT2D eigenvalue weighted by atomic mass is 32.2. The maximum Gasteiger partial charge on any atom is 0.240 e. The predicted octanol–water partition coefficient (Wildman–Crippen LogP) is 4.15. The number of aliphatic hydroxyl groups excluding tert-OH is 1. The van der Waals surface area contributed by atoms with Gasteiger partial charge >= 0.3 is 0 Å². The molecule has 0 spiro atoms. The zero-order valence-electron chi connectivity index (χ0n) is 16.7. The first-order chi connectivity index (χ1) is 14.5. The standard InChI is InChI=1S/C24H24N2O3S/c1-16-10-12-17(13-11-16)30(28,29)25-20-14-15-23(24(20)27)26-21-8-4-2-6-18(21)19-7-3-5-9-22(19)26/h2-13,20,23-25,27H,14-15H2,1H3/t20-,23+,24+/m1/s1. The first-order valence-corrected chi connectivity index (χ1v) is 11.7. The predicted molar refractivity (Wildman–Crippen MR) is 119 cm³/mol. The summed E-state index contributed by atoms with van der Waals surface area (Å²) in [4.78, 5) is 0.223. The zero-order valence-corrected chi connectivity index (χ0v) is 17.5. The van der Waals surface area contributed by atoms with E-state index in [9.17, 15) is 13.5 Å². The molecule has 3 aromatic carbocycles. The fraction of sp³-hybridized carbons (Fsp3) is 0.250. The molecule has 1 aliphatic rings. The number of aryl methyl sites for hydroxylation is 1. The highest BCUT2D eigenvalue weighted by molar-refractivity contribution is 7.89. The van der Waals surface area contributed by atoms with Crippen LogP contribution in [-0.4, -0.2) is 30.2 Å². The molecule has 0 amide bonds. The number of aromatic nitrogens is 1. The summed E-state index contributed by atoms with van der Waals surface area (Å²) < 4.78 is 30.6. The molecule has 0 aliphatic heterocycles. The quantitative estimate of drug-likeness (QED) is 0.521. The molecule has 0 bridgehead atoms. The summed E-state index contributed by atoms with van der Waals surface area (Å²) in [5.74, 6) is 0. The Morgan fingerprint density at radius 2 is 1.43 bits per heavy atom. The van der Waals surface area contributed by atoms with Crippen LogP contribution in [0.4, 0.5) is 0 Å². The van der Waals surface area contributed by atoms with Gasteiger partial charge in [0.05, 0.1) is 23.1 Å². The van der Waals surface area contributed by atoms with Gasteiger partial charge in [0, 0.05) is 21.8 Å². The largest absolute Gasteiger partial charge is 0.389 e. The van der Waals surface area contributed by atoms with E-state index in [1.165, 1.54) is 0 Å². The van der Waals surface area contributed by atoms with Gasteiger partial charge in [0.15, 0.2) is 0 Å². The van der Waals surface area contributed by atoms with Gasteiger partial charge in [-0.3, -0.25) is 0 Å². The number of para-hydroxylation sites is 2. The number of sulfonamides is 1. The smallest absolute Gasteiger partial charge is 0.240 e. The van der Waals surface area contributed by atoms with Gasteiger partial charge in [-0.15, -0.1) is 0 Å². The van der Waals surface area contributed by atoms with E-state index < -0.39 is 22.2 Å². The highest BCUT2D eigenvalue weighted by Gasteiger charge is 2.39. The first-order valence-electron chi connectivity index (χ1n) is 10.2. The fourth-order valence-electron chi connectivity index (χ4n) is 4.67.